The predicted octanol–water partition coefficient (Wildman–Crippen LogP) is 3.40. The molecule has 5 nitrogen and oxygen atoms in total. The average Bonchev–Trinajstić information content (AvgIpc) is 3.03. The Labute approximate surface area is 156 Å². The van der Waals surface area contributed by atoms with Gasteiger partial charge in [0.25, 0.3) is 0 Å². The highest BCUT2D eigenvalue weighted by atomic mass is 79.9. The summed E-state index contributed by atoms with van der Waals surface area (Å²) in [7, 11) is 0. The van der Waals surface area contributed by atoms with Crippen LogP contribution >= 0.6 is 15.9 Å². The molecule has 1 heterocycles. The van der Waals surface area contributed by atoms with Crippen LogP contribution in [0.5, 0.6) is 0 Å². The summed E-state index contributed by atoms with van der Waals surface area (Å²) in [5.74, 6) is -1.45. The van der Waals surface area contributed by atoms with Gasteiger partial charge in [0.2, 0.25) is 5.91 Å². The molecule has 1 saturated heterocycles. The van der Waals surface area contributed by atoms with Crippen molar-refractivity contribution in [2.75, 3.05) is 6.54 Å². The van der Waals surface area contributed by atoms with Crippen LogP contribution in [0.2, 0.25) is 0 Å². The third-order valence-corrected chi connectivity index (χ3v) is 5.27. The van der Waals surface area contributed by atoms with Gasteiger partial charge in [0.05, 0.1) is 4.83 Å². The topological polar surface area (TPSA) is 74.7 Å². The molecule has 2 atom stereocenters. The van der Waals surface area contributed by atoms with E-state index in [1.54, 1.807) is 12.1 Å². The molecule has 1 aliphatic heterocycles. The van der Waals surface area contributed by atoms with Crippen LogP contribution in [0.4, 0.5) is 0 Å². The second-order valence-corrected chi connectivity index (χ2v) is 8.55. The number of hydrogen-bond acceptors (Lipinski definition) is 3. The van der Waals surface area contributed by atoms with Gasteiger partial charge in [-0.05, 0) is 23.8 Å². The van der Waals surface area contributed by atoms with E-state index in [9.17, 15) is 19.5 Å². The summed E-state index contributed by atoms with van der Waals surface area (Å²) < 4.78 is 0. The number of halogens is 1. The van der Waals surface area contributed by atoms with Gasteiger partial charge < -0.3 is 10.0 Å². The molecule has 1 aromatic rings. The number of rotatable bonds is 5. The second-order valence-electron chi connectivity index (χ2n) is 7.45. The number of amides is 1. The number of nitrogens with zero attached hydrogens (tertiary/aromatic N) is 1. The standard InChI is InChI=1S/C19H24BrNO4/c1-19(2,3)13-8-6-12(7-9-13)17(23)14(20)11-16(22)21-10-4-5-15(21)18(24)25/h6-9,14-15H,4-5,10-11H2,1-3H3,(H,24,25)/t14?,15-/m0/s1. The van der Waals surface area contributed by atoms with Crippen molar-refractivity contribution in [2.45, 2.75) is 56.3 Å². The zero-order chi connectivity index (χ0) is 18.8. The van der Waals surface area contributed by atoms with Crippen molar-refractivity contribution in [3.63, 3.8) is 0 Å². The van der Waals surface area contributed by atoms with Gasteiger partial charge in [0, 0.05) is 18.5 Å². The molecule has 0 saturated carbocycles. The Bertz CT molecular complexity index is 663. The van der Waals surface area contributed by atoms with Gasteiger partial charge in [0.15, 0.2) is 5.78 Å². The third-order valence-electron chi connectivity index (χ3n) is 4.53. The number of carbonyl (C=O) groups excluding carboxylic acids is 2. The Balaban J connectivity index is 2.02. The maximum atomic E-state index is 12.5. The Morgan fingerprint density at radius 3 is 2.36 bits per heavy atom. The first kappa shape index (κ1) is 19.6. The molecule has 1 aromatic carbocycles. The lowest BCUT2D eigenvalue weighted by molar-refractivity contribution is -0.148. The lowest BCUT2D eigenvalue weighted by Crippen LogP contribution is -2.41. The Morgan fingerprint density at radius 1 is 1.24 bits per heavy atom. The van der Waals surface area contributed by atoms with Crippen molar-refractivity contribution in [3.05, 3.63) is 35.4 Å². The van der Waals surface area contributed by atoms with E-state index in [0.717, 1.165) is 5.56 Å². The van der Waals surface area contributed by atoms with Crippen molar-refractivity contribution in [3.8, 4) is 0 Å². The van der Waals surface area contributed by atoms with Crippen molar-refractivity contribution in [1.29, 1.82) is 0 Å². The second kappa shape index (κ2) is 7.68. The van der Waals surface area contributed by atoms with Crippen molar-refractivity contribution < 1.29 is 19.5 Å². The first-order valence-corrected chi connectivity index (χ1v) is 9.34. The van der Waals surface area contributed by atoms with Gasteiger partial charge in [-0.1, -0.05) is 61.0 Å². The highest BCUT2D eigenvalue weighted by molar-refractivity contribution is 9.10. The molecular weight excluding hydrogens is 386 g/mol. The normalized spacial score (nSPS) is 18.9. The Kier molecular flexibility index (Phi) is 6.03. The Morgan fingerprint density at radius 2 is 1.84 bits per heavy atom. The fraction of sp³-hybridized carbons (Fsp3) is 0.526. The third kappa shape index (κ3) is 4.69. The minimum absolute atomic E-state index is 0.00689. The summed E-state index contributed by atoms with van der Waals surface area (Å²) >= 11 is 3.30. The van der Waals surface area contributed by atoms with Crippen LogP contribution < -0.4 is 0 Å². The quantitative estimate of drug-likeness (QED) is 0.597. The highest BCUT2D eigenvalue weighted by Crippen LogP contribution is 2.24. The van der Waals surface area contributed by atoms with Crippen LogP contribution in [0.1, 0.15) is 56.0 Å². The molecule has 1 fully saturated rings. The zero-order valence-electron chi connectivity index (χ0n) is 14.8. The molecule has 2 rings (SSSR count). The molecule has 0 aromatic heterocycles. The van der Waals surface area contributed by atoms with E-state index >= 15 is 0 Å². The molecule has 6 heteroatoms. The van der Waals surface area contributed by atoms with E-state index in [0.29, 0.717) is 24.9 Å². The number of carbonyl (C=O) groups is 3. The van der Waals surface area contributed by atoms with Crippen LogP contribution in [0.15, 0.2) is 24.3 Å². The largest absolute Gasteiger partial charge is 0.480 e. The number of alkyl halides is 1. The first-order valence-electron chi connectivity index (χ1n) is 8.42. The molecule has 0 spiro atoms. The molecule has 25 heavy (non-hydrogen) atoms. The number of hydrogen-bond donors (Lipinski definition) is 1. The molecule has 0 radical (unpaired) electrons. The molecule has 1 N–H and O–H groups in total. The van der Waals surface area contributed by atoms with E-state index in [-0.39, 0.29) is 23.5 Å². The average molecular weight is 410 g/mol. The van der Waals surface area contributed by atoms with E-state index in [4.69, 9.17) is 0 Å². The van der Waals surface area contributed by atoms with Gasteiger partial charge in [-0.3, -0.25) is 9.59 Å². The van der Waals surface area contributed by atoms with Crippen LogP contribution in [0, 0.1) is 0 Å². The van der Waals surface area contributed by atoms with Crippen LogP contribution in [-0.2, 0) is 15.0 Å². The maximum absolute atomic E-state index is 12.5. The maximum Gasteiger partial charge on any atom is 0.326 e. The summed E-state index contributed by atoms with van der Waals surface area (Å²) in [6.07, 6.45) is 1.11. The van der Waals surface area contributed by atoms with Gasteiger partial charge >= 0.3 is 5.97 Å². The fourth-order valence-corrected chi connectivity index (χ4v) is 3.54. The van der Waals surface area contributed by atoms with Gasteiger partial charge in [-0.25, -0.2) is 4.79 Å². The summed E-state index contributed by atoms with van der Waals surface area (Å²) in [6.45, 7) is 6.74. The number of carboxylic acid groups (broad SMARTS) is 1. The SMILES string of the molecule is CC(C)(C)c1ccc(C(=O)C(Br)CC(=O)N2CCC[C@H]2C(=O)O)cc1. The molecule has 0 aliphatic carbocycles. The molecule has 1 amide bonds. The van der Waals surface area contributed by atoms with Gasteiger partial charge in [-0.2, -0.15) is 0 Å². The summed E-state index contributed by atoms with van der Waals surface area (Å²) in [5.41, 5.74) is 1.68. The summed E-state index contributed by atoms with van der Waals surface area (Å²) in [5, 5.41) is 9.17. The van der Waals surface area contributed by atoms with Gasteiger partial charge in [-0.15, -0.1) is 0 Å². The molecule has 1 unspecified atom stereocenters. The van der Waals surface area contributed by atoms with E-state index < -0.39 is 16.8 Å². The minimum Gasteiger partial charge on any atom is -0.480 e. The lowest BCUT2D eigenvalue weighted by atomic mass is 9.86. The number of carboxylic acids is 1. The van der Waals surface area contributed by atoms with Crippen molar-refractivity contribution >= 4 is 33.6 Å². The molecule has 0 bridgehead atoms. The van der Waals surface area contributed by atoms with Crippen molar-refractivity contribution in [2.24, 2.45) is 0 Å². The van der Waals surface area contributed by atoms with E-state index in [1.165, 1.54) is 4.90 Å². The lowest BCUT2D eigenvalue weighted by Gasteiger charge is -2.22. The molecular formula is C19H24BrNO4. The summed E-state index contributed by atoms with van der Waals surface area (Å²) in [4.78, 5) is 36.8. The molecule has 136 valence electrons. The number of Topliss-reactive ketones (excluding diaryl/α,β-unsaturated/α-hetero) is 1. The number of aliphatic carboxylic acids is 1. The monoisotopic (exact) mass is 409 g/mol. The minimum atomic E-state index is -0.985. The van der Waals surface area contributed by atoms with Crippen molar-refractivity contribution in [1.82, 2.24) is 4.90 Å². The van der Waals surface area contributed by atoms with Crippen LogP contribution in [0.3, 0.4) is 0 Å². The molecule has 1 aliphatic rings. The number of benzene rings is 1. The predicted molar refractivity (Wildman–Crippen MR) is 99.2 cm³/mol. The van der Waals surface area contributed by atoms with Crippen LogP contribution in [0.25, 0.3) is 0 Å². The number of ketones is 1. The highest BCUT2D eigenvalue weighted by Gasteiger charge is 2.35. The van der Waals surface area contributed by atoms with E-state index in [1.807, 2.05) is 12.1 Å². The Hall–Kier alpha value is -1.69. The zero-order valence-corrected chi connectivity index (χ0v) is 16.4. The fourth-order valence-electron chi connectivity index (χ4n) is 3.00. The smallest absolute Gasteiger partial charge is 0.326 e. The van der Waals surface area contributed by atoms with Gasteiger partial charge in [0.1, 0.15) is 6.04 Å². The van der Waals surface area contributed by atoms with Crippen LogP contribution in [-0.4, -0.2) is 45.1 Å². The summed E-state index contributed by atoms with van der Waals surface area (Å²) in [6, 6.07) is 6.63. The number of likely N-dealkylation sites (tertiary alicyclic amines) is 1. The first-order chi connectivity index (χ1) is 11.6. The van der Waals surface area contributed by atoms with E-state index in [2.05, 4.69) is 36.7 Å².